The first kappa shape index (κ1) is 19.2. The van der Waals surface area contributed by atoms with Crippen LogP contribution in [0.4, 0.5) is 11.4 Å². The molecule has 0 aliphatic carbocycles. The Balaban J connectivity index is 2.02. The molecule has 3 rings (SSSR count). The highest BCUT2D eigenvalue weighted by atomic mass is 32.2. The highest BCUT2D eigenvalue weighted by molar-refractivity contribution is 7.92. The minimum absolute atomic E-state index is 0.265. The summed E-state index contributed by atoms with van der Waals surface area (Å²) in [5, 5.41) is 2.73. The van der Waals surface area contributed by atoms with Gasteiger partial charge in [-0.3, -0.25) is 9.52 Å². The molecular weight excluding hydrogens is 364 g/mol. The number of carbonyl (C=O) groups excluding carboxylic acids is 1. The maximum atomic E-state index is 13.1. The zero-order chi connectivity index (χ0) is 20.1. The molecule has 0 saturated carbocycles. The standard InChI is InChI=1S/C20H24N2O4S/c1-10-11(2)13(4)19(14(5)12(10)3)27(24,25)22-16-7-8-18-17(9-16)21-20(23)15(6)26-18/h7-9,15,22H,1-6H3,(H,21,23). The van der Waals surface area contributed by atoms with Crippen molar-refractivity contribution in [2.45, 2.75) is 52.5 Å². The monoisotopic (exact) mass is 388 g/mol. The number of anilines is 2. The lowest BCUT2D eigenvalue weighted by atomic mass is 9.95. The van der Waals surface area contributed by atoms with E-state index in [1.165, 1.54) is 0 Å². The van der Waals surface area contributed by atoms with Crippen LogP contribution >= 0.6 is 0 Å². The van der Waals surface area contributed by atoms with Crippen LogP contribution in [0.2, 0.25) is 0 Å². The number of nitrogens with one attached hydrogen (secondary N) is 2. The molecule has 6 nitrogen and oxygen atoms in total. The van der Waals surface area contributed by atoms with Crippen molar-refractivity contribution in [3.8, 4) is 5.75 Å². The van der Waals surface area contributed by atoms with Gasteiger partial charge in [0.05, 0.1) is 16.3 Å². The van der Waals surface area contributed by atoms with Crippen molar-refractivity contribution in [2.75, 3.05) is 10.0 Å². The number of amides is 1. The second-order valence-corrected chi connectivity index (χ2v) is 8.64. The van der Waals surface area contributed by atoms with Crippen LogP contribution in [0.25, 0.3) is 0 Å². The Morgan fingerprint density at radius 3 is 2.11 bits per heavy atom. The minimum atomic E-state index is -3.79. The number of fused-ring (bicyclic) bond motifs is 1. The number of benzene rings is 2. The number of carbonyl (C=O) groups is 1. The van der Waals surface area contributed by atoms with Gasteiger partial charge in [-0.15, -0.1) is 0 Å². The molecule has 2 aromatic rings. The van der Waals surface area contributed by atoms with Crippen molar-refractivity contribution in [1.82, 2.24) is 0 Å². The van der Waals surface area contributed by atoms with Gasteiger partial charge in [0, 0.05) is 0 Å². The molecule has 1 atom stereocenters. The lowest BCUT2D eigenvalue weighted by Crippen LogP contribution is -2.34. The van der Waals surface area contributed by atoms with Crippen LogP contribution in [-0.2, 0) is 14.8 Å². The molecule has 1 heterocycles. The average Bonchev–Trinajstić information content (AvgIpc) is 2.59. The third kappa shape index (κ3) is 3.27. The smallest absolute Gasteiger partial charge is 0.265 e. The van der Waals surface area contributed by atoms with E-state index < -0.39 is 16.1 Å². The summed E-state index contributed by atoms with van der Waals surface area (Å²) >= 11 is 0. The lowest BCUT2D eigenvalue weighted by Gasteiger charge is -2.24. The molecule has 1 aliphatic heterocycles. The normalized spacial score (nSPS) is 16.4. The van der Waals surface area contributed by atoms with Gasteiger partial charge in [0.2, 0.25) is 0 Å². The van der Waals surface area contributed by atoms with Gasteiger partial charge in [-0.05, 0) is 87.6 Å². The second-order valence-electron chi connectivity index (χ2n) is 7.02. The second kappa shape index (κ2) is 6.56. The van der Waals surface area contributed by atoms with Gasteiger partial charge in [-0.1, -0.05) is 0 Å². The molecule has 0 fully saturated rings. The molecule has 0 aromatic heterocycles. The van der Waals surface area contributed by atoms with Gasteiger partial charge in [0.1, 0.15) is 5.75 Å². The fourth-order valence-electron chi connectivity index (χ4n) is 3.35. The lowest BCUT2D eigenvalue weighted by molar-refractivity contribution is -0.122. The first-order valence-electron chi connectivity index (χ1n) is 8.74. The molecule has 0 bridgehead atoms. The molecule has 144 valence electrons. The Morgan fingerprint density at radius 2 is 1.52 bits per heavy atom. The van der Waals surface area contributed by atoms with Crippen LogP contribution in [-0.4, -0.2) is 20.4 Å². The SMILES string of the molecule is Cc1c(C)c(C)c(S(=O)(=O)Nc2ccc3c(c2)NC(=O)C(C)O3)c(C)c1C. The van der Waals surface area contributed by atoms with Crippen LogP contribution in [0.5, 0.6) is 5.75 Å². The van der Waals surface area contributed by atoms with Crippen molar-refractivity contribution in [3.63, 3.8) is 0 Å². The minimum Gasteiger partial charge on any atom is -0.479 e. The van der Waals surface area contributed by atoms with Crippen molar-refractivity contribution in [3.05, 3.63) is 46.0 Å². The molecule has 1 amide bonds. The zero-order valence-corrected chi connectivity index (χ0v) is 17.2. The van der Waals surface area contributed by atoms with Crippen molar-refractivity contribution in [1.29, 1.82) is 0 Å². The number of ether oxygens (including phenoxy) is 1. The Morgan fingerprint density at radius 1 is 0.963 bits per heavy atom. The van der Waals surface area contributed by atoms with Gasteiger partial charge in [-0.2, -0.15) is 0 Å². The van der Waals surface area contributed by atoms with E-state index in [1.54, 1.807) is 25.1 Å². The van der Waals surface area contributed by atoms with E-state index in [4.69, 9.17) is 4.74 Å². The zero-order valence-electron chi connectivity index (χ0n) is 16.4. The Hall–Kier alpha value is -2.54. The van der Waals surface area contributed by atoms with Gasteiger partial charge in [-0.25, -0.2) is 8.42 Å². The summed E-state index contributed by atoms with van der Waals surface area (Å²) < 4.78 is 34.4. The van der Waals surface area contributed by atoms with Crippen LogP contribution in [0.3, 0.4) is 0 Å². The number of hydrogen-bond donors (Lipinski definition) is 2. The predicted octanol–water partition coefficient (Wildman–Crippen LogP) is 3.75. The molecule has 0 saturated heterocycles. The third-order valence-electron chi connectivity index (χ3n) is 5.36. The van der Waals surface area contributed by atoms with E-state index in [2.05, 4.69) is 10.0 Å². The first-order chi connectivity index (χ1) is 12.5. The molecule has 1 unspecified atom stereocenters. The summed E-state index contributed by atoms with van der Waals surface area (Å²) in [6.07, 6.45) is -0.580. The van der Waals surface area contributed by atoms with E-state index in [9.17, 15) is 13.2 Å². The van der Waals surface area contributed by atoms with Gasteiger partial charge >= 0.3 is 0 Å². The Bertz CT molecular complexity index is 1030. The summed E-state index contributed by atoms with van der Waals surface area (Å²) in [4.78, 5) is 12.1. The Kier molecular flexibility index (Phi) is 4.67. The van der Waals surface area contributed by atoms with Crippen LogP contribution in [0.1, 0.15) is 34.7 Å². The molecule has 1 aliphatic rings. The summed E-state index contributed by atoms with van der Waals surface area (Å²) in [5.74, 6) is 0.249. The summed E-state index contributed by atoms with van der Waals surface area (Å²) in [6.45, 7) is 11.2. The fourth-order valence-corrected chi connectivity index (χ4v) is 5.00. The van der Waals surface area contributed by atoms with Crippen molar-refractivity contribution < 1.29 is 17.9 Å². The molecule has 2 aromatic carbocycles. The van der Waals surface area contributed by atoms with E-state index in [0.29, 0.717) is 22.0 Å². The average molecular weight is 388 g/mol. The molecule has 2 N–H and O–H groups in total. The summed E-state index contributed by atoms with van der Waals surface area (Å²) in [7, 11) is -3.79. The topological polar surface area (TPSA) is 84.5 Å². The highest BCUT2D eigenvalue weighted by Crippen LogP contribution is 2.34. The summed E-state index contributed by atoms with van der Waals surface area (Å²) in [6, 6.07) is 4.84. The predicted molar refractivity (Wildman–Crippen MR) is 106 cm³/mol. The number of sulfonamides is 1. The van der Waals surface area contributed by atoms with E-state index in [-0.39, 0.29) is 5.91 Å². The van der Waals surface area contributed by atoms with Crippen LogP contribution < -0.4 is 14.8 Å². The largest absolute Gasteiger partial charge is 0.479 e. The molecule has 7 heteroatoms. The van der Waals surface area contributed by atoms with Crippen molar-refractivity contribution in [2.24, 2.45) is 0 Å². The molecule has 27 heavy (non-hydrogen) atoms. The van der Waals surface area contributed by atoms with Gasteiger partial charge in [0.25, 0.3) is 15.9 Å². The molecule has 0 radical (unpaired) electrons. The maximum absolute atomic E-state index is 13.1. The highest BCUT2D eigenvalue weighted by Gasteiger charge is 2.26. The quantitative estimate of drug-likeness (QED) is 0.839. The Labute approximate surface area is 160 Å². The van der Waals surface area contributed by atoms with E-state index in [1.807, 2.05) is 34.6 Å². The first-order valence-corrected chi connectivity index (χ1v) is 10.2. The van der Waals surface area contributed by atoms with E-state index >= 15 is 0 Å². The maximum Gasteiger partial charge on any atom is 0.265 e. The number of rotatable bonds is 3. The van der Waals surface area contributed by atoms with Gasteiger partial charge < -0.3 is 10.1 Å². The summed E-state index contributed by atoms with van der Waals surface area (Å²) in [5.41, 5.74) is 5.34. The van der Waals surface area contributed by atoms with Gasteiger partial charge in [0.15, 0.2) is 6.10 Å². The molecule has 0 spiro atoms. The van der Waals surface area contributed by atoms with Crippen molar-refractivity contribution >= 4 is 27.3 Å². The fraction of sp³-hybridized carbons (Fsp3) is 0.350. The van der Waals surface area contributed by atoms with Crippen LogP contribution in [0, 0.1) is 34.6 Å². The molecular formula is C20H24N2O4S. The van der Waals surface area contributed by atoms with E-state index in [0.717, 1.165) is 27.8 Å². The number of hydrogen-bond acceptors (Lipinski definition) is 4. The third-order valence-corrected chi connectivity index (χ3v) is 7.02. The van der Waals surface area contributed by atoms with Crippen LogP contribution in [0.15, 0.2) is 23.1 Å².